The molecule has 0 spiro atoms. The average Bonchev–Trinajstić information content (AvgIpc) is 2.35. The van der Waals surface area contributed by atoms with Crippen molar-refractivity contribution in [2.75, 3.05) is 11.1 Å². The molecule has 2 rings (SSSR count). The molecule has 5 heteroatoms. The molecule has 0 atom stereocenters. The van der Waals surface area contributed by atoms with Crippen LogP contribution >= 0.6 is 0 Å². The van der Waals surface area contributed by atoms with Gasteiger partial charge in [-0.25, -0.2) is 4.39 Å². The molecule has 92 valence electrons. The summed E-state index contributed by atoms with van der Waals surface area (Å²) >= 11 is 0. The van der Waals surface area contributed by atoms with Crippen LogP contribution in [-0.4, -0.2) is 10.9 Å². The van der Waals surface area contributed by atoms with Crippen LogP contribution in [0.15, 0.2) is 36.7 Å². The van der Waals surface area contributed by atoms with Crippen LogP contribution in [0.4, 0.5) is 15.8 Å². The summed E-state index contributed by atoms with van der Waals surface area (Å²) in [6, 6.07) is 5.91. The fraction of sp³-hybridized carbons (Fsp3) is 0.0769. The topological polar surface area (TPSA) is 68.0 Å². The van der Waals surface area contributed by atoms with Crippen LogP contribution < -0.4 is 11.1 Å². The minimum atomic E-state index is -0.564. The van der Waals surface area contributed by atoms with E-state index in [1.165, 1.54) is 24.5 Å². The third-order valence-electron chi connectivity index (χ3n) is 2.47. The van der Waals surface area contributed by atoms with Crippen molar-refractivity contribution in [1.82, 2.24) is 4.98 Å². The molecule has 4 nitrogen and oxygen atoms in total. The van der Waals surface area contributed by atoms with Gasteiger partial charge in [-0.3, -0.25) is 9.78 Å². The number of nitrogen functional groups attached to an aromatic ring is 1. The van der Waals surface area contributed by atoms with Crippen molar-refractivity contribution in [1.29, 1.82) is 0 Å². The van der Waals surface area contributed by atoms with Crippen molar-refractivity contribution in [2.24, 2.45) is 0 Å². The molecule has 0 saturated heterocycles. The number of anilines is 2. The molecule has 1 aromatic carbocycles. The third kappa shape index (κ3) is 2.45. The summed E-state index contributed by atoms with van der Waals surface area (Å²) in [6.07, 6.45) is 2.92. The van der Waals surface area contributed by atoms with Crippen molar-refractivity contribution >= 4 is 17.3 Å². The Bertz CT molecular complexity index is 599. The van der Waals surface area contributed by atoms with Crippen LogP contribution in [0.1, 0.15) is 15.9 Å². The number of carbonyl (C=O) groups is 1. The molecule has 0 aliphatic rings. The summed E-state index contributed by atoms with van der Waals surface area (Å²) in [5, 5.41) is 2.55. The zero-order chi connectivity index (χ0) is 13.1. The summed E-state index contributed by atoms with van der Waals surface area (Å²) in [5.41, 5.74) is 7.19. The Kier molecular flexibility index (Phi) is 3.23. The summed E-state index contributed by atoms with van der Waals surface area (Å²) in [6.45, 7) is 1.79. The average molecular weight is 245 g/mol. The molecule has 0 aliphatic carbocycles. The molecule has 0 radical (unpaired) electrons. The maximum Gasteiger partial charge on any atom is 0.258 e. The largest absolute Gasteiger partial charge is 0.396 e. The van der Waals surface area contributed by atoms with Gasteiger partial charge in [-0.2, -0.15) is 0 Å². The van der Waals surface area contributed by atoms with Crippen molar-refractivity contribution in [3.8, 4) is 0 Å². The molecule has 3 N–H and O–H groups in total. The standard InChI is InChI=1S/C13H12FN3O/c1-8-2-3-10(14)9(6-8)13(18)17-12-4-5-16-7-11(12)15/h2-7H,15H2,1H3,(H,16,17,18). The zero-order valence-corrected chi connectivity index (χ0v) is 9.77. The van der Waals surface area contributed by atoms with Gasteiger partial charge >= 0.3 is 0 Å². The number of halogens is 1. The normalized spacial score (nSPS) is 10.1. The lowest BCUT2D eigenvalue weighted by atomic mass is 10.1. The molecule has 1 heterocycles. The number of aromatic nitrogens is 1. The number of rotatable bonds is 2. The first kappa shape index (κ1) is 12.0. The number of aryl methyl sites for hydroxylation is 1. The SMILES string of the molecule is Cc1ccc(F)c(C(=O)Nc2ccncc2N)c1. The molecular formula is C13H12FN3O. The highest BCUT2D eigenvalue weighted by Crippen LogP contribution is 2.18. The van der Waals surface area contributed by atoms with Crippen molar-refractivity contribution in [3.05, 3.63) is 53.6 Å². The number of hydrogen-bond acceptors (Lipinski definition) is 3. The van der Waals surface area contributed by atoms with Crippen LogP contribution in [0.3, 0.4) is 0 Å². The molecule has 0 bridgehead atoms. The Hall–Kier alpha value is -2.43. The van der Waals surface area contributed by atoms with E-state index in [0.29, 0.717) is 11.4 Å². The Morgan fingerprint density at radius 2 is 2.17 bits per heavy atom. The Labute approximate surface area is 104 Å². The number of pyridine rings is 1. The second-order valence-corrected chi connectivity index (χ2v) is 3.90. The Balaban J connectivity index is 2.28. The molecule has 0 unspecified atom stereocenters. The van der Waals surface area contributed by atoms with E-state index in [4.69, 9.17) is 5.73 Å². The van der Waals surface area contributed by atoms with Crippen LogP contribution in [0.25, 0.3) is 0 Å². The van der Waals surface area contributed by atoms with Crippen LogP contribution in [0, 0.1) is 12.7 Å². The molecular weight excluding hydrogens is 233 g/mol. The smallest absolute Gasteiger partial charge is 0.258 e. The van der Waals surface area contributed by atoms with Gasteiger partial charge in [0.05, 0.1) is 23.1 Å². The number of hydrogen-bond donors (Lipinski definition) is 2. The van der Waals surface area contributed by atoms with Gasteiger partial charge in [-0.1, -0.05) is 11.6 Å². The Morgan fingerprint density at radius 1 is 1.39 bits per heavy atom. The summed E-state index contributed by atoms with van der Waals surface area (Å²) in [5.74, 6) is -1.10. The number of nitrogens with one attached hydrogen (secondary N) is 1. The van der Waals surface area contributed by atoms with Gasteiger partial charge < -0.3 is 11.1 Å². The molecule has 1 amide bonds. The van der Waals surface area contributed by atoms with Gasteiger partial charge in [0, 0.05) is 6.20 Å². The molecule has 1 aromatic heterocycles. The highest BCUT2D eigenvalue weighted by Gasteiger charge is 2.12. The van der Waals surface area contributed by atoms with Crippen molar-refractivity contribution < 1.29 is 9.18 Å². The zero-order valence-electron chi connectivity index (χ0n) is 9.77. The maximum atomic E-state index is 13.5. The lowest BCUT2D eigenvalue weighted by Gasteiger charge is -2.08. The fourth-order valence-electron chi connectivity index (χ4n) is 1.52. The van der Waals surface area contributed by atoms with Crippen LogP contribution in [0.2, 0.25) is 0 Å². The number of nitrogens with zero attached hydrogens (tertiary/aromatic N) is 1. The summed E-state index contributed by atoms with van der Waals surface area (Å²) < 4.78 is 13.5. The first-order valence-electron chi connectivity index (χ1n) is 5.35. The number of amides is 1. The van der Waals surface area contributed by atoms with E-state index in [-0.39, 0.29) is 5.56 Å². The minimum Gasteiger partial charge on any atom is -0.396 e. The van der Waals surface area contributed by atoms with Crippen molar-refractivity contribution in [3.63, 3.8) is 0 Å². The quantitative estimate of drug-likeness (QED) is 0.853. The van der Waals surface area contributed by atoms with E-state index < -0.39 is 11.7 Å². The number of benzene rings is 1. The van der Waals surface area contributed by atoms with Gasteiger partial charge in [-0.15, -0.1) is 0 Å². The van der Waals surface area contributed by atoms with Gasteiger partial charge in [0.15, 0.2) is 0 Å². The fourth-order valence-corrected chi connectivity index (χ4v) is 1.52. The first-order valence-corrected chi connectivity index (χ1v) is 5.35. The van der Waals surface area contributed by atoms with Gasteiger partial charge in [-0.05, 0) is 25.1 Å². The van der Waals surface area contributed by atoms with Gasteiger partial charge in [0.1, 0.15) is 5.82 Å². The monoisotopic (exact) mass is 245 g/mol. The highest BCUT2D eigenvalue weighted by molar-refractivity contribution is 6.05. The number of nitrogens with two attached hydrogens (primary N) is 1. The van der Waals surface area contributed by atoms with E-state index in [1.54, 1.807) is 19.1 Å². The van der Waals surface area contributed by atoms with Gasteiger partial charge in [0.2, 0.25) is 0 Å². The molecule has 0 fully saturated rings. The van der Waals surface area contributed by atoms with E-state index in [2.05, 4.69) is 10.3 Å². The van der Waals surface area contributed by atoms with Crippen LogP contribution in [0.5, 0.6) is 0 Å². The van der Waals surface area contributed by atoms with E-state index in [0.717, 1.165) is 5.56 Å². The predicted molar refractivity (Wildman–Crippen MR) is 67.7 cm³/mol. The summed E-state index contributed by atoms with van der Waals surface area (Å²) in [4.78, 5) is 15.7. The second-order valence-electron chi connectivity index (χ2n) is 3.90. The molecule has 2 aromatic rings. The van der Waals surface area contributed by atoms with E-state index in [1.807, 2.05) is 0 Å². The molecule has 0 saturated carbocycles. The highest BCUT2D eigenvalue weighted by atomic mass is 19.1. The maximum absolute atomic E-state index is 13.5. The first-order chi connectivity index (χ1) is 8.58. The lowest BCUT2D eigenvalue weighted by molar-refractivity contribution is 0.102. The molecule has 18 heavy (non-hydrogen) atoms. The molecule has 0 aliphatic heterocycles. The lowest BCUT2D eigenvalue weighted by Crippen LogP contribution is -2.15. The van der Waals surface area contributed by atoms with E-state index in [9.17, 15) is 9.18 Å². The summed E-state index contributed by atoms with van der Waals surface area (Å²) in [7, 11) is 0. The number of carbonyl (C=O) groups excluding carboxylic acids is 1. The van der Waals surface area contributed by atoms with Gasteiger partial charge in [0.25, 0.3) is 5.91 Å². The Morgan fingerprint density at radius 3 is 2.89 bits per heavy atom. The van der Waals surface area contributed by atoms with Crippen molar-refractivity contribution in [2.45, 2.75) is 6.92 Å². The minimum absolute atomic E-state index is 0.00814. The second kappa shape index (κ2) is 4.83. The third-order valence-corrected chi connectivity index (χ3v) is 2.47. The predicted octanol–water partition coefficient (Wildman–Crippen LogP) is 2.36. The van der Waals surface area contributed by atoms with E-state index >= 15 is 0 Å². The van der Waals surface area contributed by atoms with Crippen LogP contribution in [-0.2, 0) is 0 Å².